The second-order valence-corrected chi connectivity index (χ2v) is 5.08. The van der Waals surface area contributed by atoms with Gasteiger partial charge in [-0.05, 0) is 31.0 Å². The second kappa shape index (κ2) is 5.65. The molecule has 0 saturated heterocycles. The smallest absolute Gasteiger partial charge is 0.323 e. The molecule has 0 amide bonds. The summed E-state index contributed by atoms with van der Waals surface area (Å²) in [7, 11) is 0. The minimum atomic E-state index is -0.868. The quantitative estimate of drug-likeness (QED) is 0.869. The van der Waals surface area contributed by atoms with E-state index >= 15 is 0 Å². The summed E-state index contributed by atoms with van der Waals surface area (Å²) in [4.78, 5) is 11.0. The van der Waals surface area contributed by atoms with Gasteiger partial charge in [-0.3, -0.25) is 4.79 Å². The molecule has 0 spiro atoms. The van der Waals surface area contributed by atoms with Crippen molar-refractivity contribution in [3.8, 4) is 11.5 Å². The zero-order valence-electron chi connectivity index (χ0n) is 11.7. The number of aromatic nitrogens is 1. The van der Waals surface area contributed by atoms with Crippen LogP contribution in [0.15, 0.2) is 18.3 Å². The van der Waals surface area contributed by atoms with Gasteiger partial charge >= 0.3 is 5.97 Å². The minimum Gasteiger partial charge on any atom is -0.486 e. The van der Waals surface area contributed by atoms with E-state index in [2.05, 4.69) is 0 Å². The van der Waals surface area contributed by atoms with E-state index in [0.29, 0.717) is 25.5 Å². The van der Waals surface area contributed by atoms with Gasteiger partial charge in [0.15, 0.2) is 11.5 Å². The van der Waals surface area contributed by atoms with Crippen LogP contribution >= 0.6 is 0 Å². The number of nitrogens with two attached hydrogens (primary N) is 1. The average Bonchev–Trinajstić information content (AvgIpc) is 2.79. The molecular weight excluding hydrogens is 272 g/mol. The summed E-state index contributed by atoms with van der Waals surface area (Å²) in [5.74, 6) is 0.520. The van der Waals surface area contributed by atoms with Crippen LogP contribution in [0.5, 0.6) is 11.5 Å². The SMILES string of the molecule is NCCCc1cn(CC(=O)O)c2cc3c(cc12)OCCO3. The molecule has 0 unspecified atom stereocenters. The van der Waals surface area contributed by atoms with E-state index in [1.54, 1.807) is 4.57 Å². The van der Waals surface area contributed by atoms with Crippen LogP contribution in [-0.2, 0) is 17.8 Å². The lowest BCUT2D eigenvalue weighted by atomic mass is 10.1. The fourth-order valence-corrected chi connectivity index (χ4v) is 2.67. The number of nitrogens with zero attached hydrogens (tertiary/aromatic N) is 1. The molecule has 3 rings (SSSR count). The standard InChI is InChI=1S/C15H18N2O4/c16-3-1-2-10-8-17(9-15(18)19)12-7-14-13(6-11(10)12)20-4-5-21-14/h6-8H,1-5,9,16H2,(H,18,19). The van der Waals surface area contributed by atoms with Crippen LogP contribution in [0.1, 0.15) is 12.0 Å². The molecular formula is C15H18N2O4. The van der Waals surface area contributed by atoms with Crippen LogP contribution in [0.4, 0.5) is 0 Å². The van der Waals surface area contributed by atoms with Crippen molar-refractivity contribution in [2.45, 2.75) is 19.4 Å². The third kappa shape index (κ3) is 2.67. The van der Waals surface area contributed by atoms with Crippen molar-refractivity contribution in [1.29, 1.82) is 0 Å². The molecule has 1 aromatic heterocycles. The number of carboxylic acids is 1. The van der Waals surface area contributed by atoms with Gasteiger partial charge < -0.3 is 24.9 Å². The highest BCUT2D eigenvalue weighted by molar-refractivity contribution is 5.88. The molecule has 6 nitrogen and oxygen atoms in total. The normalized spacial score (nSPS) is 13.6. The Kier molecular flexibility index (Phi) is 3.70. The highest BCUT2D eigenvalue weighted by Crippen LogP contribution is 2.36. The van der Waals surface area contributed by atoms with Crippen LogP contribution in [0.25, 0.3) is 10.9 Å². The molecule has 2 aromatic rings. The topological polar surface area (TPSA) is 86.7 Å². The Balaban J connectivity index is 2.10. The van der Waals surface area contributed by atoms with Crippen molar-refractivity contribution < 1.29 is 19.4 Å². The highest BCUT2D eigenvalue weighted by Gasteiger charge is 2.18. The summed E-state index contributed by atoms with van der Waals surface area (Å²) in [6.45, 7) is 1.58. The highest BCUT2D eigenvalue weighted by atomic mass is 16.6. The predicted molar refractivity (Wildman–Crippen MR) is 77.9 cm³/mol. The Labute approximate surface area is 122 Å². The van der Waals surface area contributed by atoms with E-state index in [-0.39, 0.29) is 6.54 Å². The zero-order valence-corrected chi connectivity index (χ0v) is 11.7. The van der Waals surface area contributed by atoms with Gasteiger partial charge in [-0.25, -0.2) is 0 Å². The van der Waals surface area contributed by atoms with Crippen molar-refractivity contribution in [3.05, 3.63) is 23.9 Å². The lowest BCUT2D eigenvalue weighted by molar-refractivity contribution is -0.137. The first-order chi connectivity index (χ1) is 10.2. The number of fused-ring (bicyclic) bond motifs is 2. The molecule has 1 aliphatic rings. The number of aryl methyl sites for hydroxylation is 1. The van der Waals surface area contributed by atoms with E-state index in [0.717, 1.165) is 35.1 Å². The third-order valence-corrected chi connectivity index (χ3v) is 3.58. The predicted octanol–water partition coefficient (Wildman–Crippen LogP) is 1.39. The lowest BCUT2D eigenvalue weighted by Gasteiger charge is -2.18. The number of ether oxygens (including phenoxy) is 2. The lowest BCUT2D eigenvalue weighted by Crippen LogP contribution is -2.15. The van der Waals surface area contributed by atoms with Gasteiger partial charge in [-0.1, -0.05) is 0 Å². The van der Waals surface area contributed by atoms with Crippen LogP contribution in [0.3, 0.4) is 0 Å². The zero-order chi connectivity index (χ0) is 14.8. The monoisotopic (exact) mass is 290 g/mol. The average molecular weight is 290 g/mol. The molecule has 112 valence electrons. The van der Waals surface area contributed by atoms with Crippen molar-refractivity contribution in [2.24, 2.45) is 5.73 Å². The fraction of sp³-hybridized carbons (Fsp3) is 0.400. The number of carbonyl (C=O) groups is 1. The number of benzene rings is 1. The number of aliphatic carboxylic acids is 1. The van der Waals surface area contributed by atoms with E-state index < -0.39 is 5.97 Å². The Hall–Kier alpha value is -2.21. The maximum Gasteiger partial charge on any atom is 0.323 e. The van der Waals surface area contributed by atoms with Crippen LogP contribution in [0.2, 0.25) is 0 Å². The number of rotatable bonds is 5. The molecule has 0 bridgehead atoms. The largest absolute Gasteiger partial charge is 0.486 e. The Bertz CT molecular complexity index is 678. The van der Waals surface area contributed by atoms with Gasteiger partial charge in [0.05, 0.1) is 5.52 Å². The third-order valence-electron chi connectivity index (χ3n) is 3.58. The van der Waals surface area contributed by atoms with Crippen LogP contribution in [-0.4, -0.2) is 35.4 Å². The summed E-state index contributed by atoms with van der Waals surface area (Å²) in [6, 6.07) is 3.80. The first-order valence-corrected chi connectivity index (χ1v) is 7.02. The van der Waals surface area contributed by atoms with E-state index in [9.17, 15) is 4.79 Å². The summed E-state index contributed by atoms with van der Waals surface area (Å²) in [5, 5.41) is 10.1. The Morgan fingerprint density at radius 2 is 2.00 bits per heavy atom. The summed E-state index contributed by atoms with van der Waals surface area (Å²) in [5.41, 5.74) is 7.52. The molecule has 2 heterocycles. The minimum absolute atomic E-state index is 0.0707. The maximum atomic E-state index is 11.0. The Morgan fingerprint density at radius 1 is 1.29 bits per heavy atom. The van der Waals surface area contributed by atoms with E-state index in [1.807, 2.05) is 18.3 Å². The molecule has 3 N–H and O–H groups in total. The molecule has 1 aliphatic heterocycles. The van der Waals surface area contributed by atoms with Gasteiger partial charge in [0.2, 0.25) is 0 Å². The molecule has 1 aromatic carbocycles. The van der Waals surface area contributed by atoms with Crippen molar-refractivity contribution >= 4 is 16.9 Å². The van der Waals surface area contributed by atoms with Crippen molar-refractivity contribution in [1.82, 2.24) is 4.57 Å². The van der Waals surface area contributed by atoms with Gasteiger partial charge in [0.25, 0.3) is 0 Å². The van der Waals surface area contributed by atoms with Gasteiger partial charge in [-0.15, -0.1) is 0 Å². The summed E-state index contributed by atoms with van der Waals surface area (Å²) >= 11 is 0. The van der Waals surface area contributed by atoms with Crippen LogP contribution in [0, 0.1) is 0 Å². The van der Waals surface area contributed by atoms with Crippen molar-refractivity contribution in [2.75, 3.05) is 19.8 Å². The summed E-state index contributed by atoms with van der Waals surface area (Å²) < 4.78 is 12.9. The molecule has 0 atom stereocenters. The van der Waals surface area contributed by atoms with Crippen molar-refractivity contribution in [3.63, 3.8) is 0 Å². The first kappa shape index (κ1) is 13.8. The van der Waals surface area contributed by atoms with E-state index in [4.69, 9.17) is 20.3 Å². The number of carboxylic acid groups (broad SMARTS) is 1. The molecule has 0 aliphatic carbocycles. The van der Waals surface area contributed by atoms with Gasteiger partial charge in [0, 0.05) is 17.6 Å². The van der Waals surface area contributed by atoms with Gasteiger partial charge in [0.1, 0.15) is 19.8 Å². The number of hydrogen-bond acceptors (Lipinski definition) is 4. The molecule has 21 heavy (non-hydrogen) atoms. The fourth-order valence-electron chi connectivity index (χ4n) is 2.67. The molecule has 0 saturated carbocycles. The molecule has 6 heteroatoms. The number of hydrogen-bond donors (Lipinski definition) is 2. The van der Waals surface area contributed by atoms with Gasteiger partial charge in [-0.2, -0.15) is 0 Å². The maximum absolute atomic E-state index is 11.0. The first-order valence-electron chi connectivity index (χ1n) is 7.02. The molecule has 0 radical (unpaired) electrons. The van der Waals surface area contributed by atoms with Crippen LogP contribution < -0.4 is 15.2 Å². The van der Waals surface area contributed by atoms with E-state index in [1.165, 1.54) is 0 Å². The summed E-state index contributed by atoms with van der Waals surface area (Å²) in [6.07, 6.45) is 3.57. The molecule has 0 fully saturated rings. The second-order valence-electron chi connectivity index (χ2n) is 5.08. The Morgan fingerprint density at radius 3 is 2.67 bits per heavy atom.